The molecule has 0 bridgehead atoms. The minimum absolute atomic E-state index is 0.0540. The van der Waals surface area contributed by atoms with E-state index in [2.05, 4.69) is 10.3 Å². The molecule has 0 radical (unpaired) electrons. The topological polar surface area (TPSA) is 96.0 Å². The van der Waals surface area contributed by atoms with E-state index in [0.717, 1.165) is 0 Å². The predicted molar refractivity (Wildman–Crippen MR) is 76.2 cm³/mol. The Morgan fingerprint density at radius 3 is 2.90 bits per heavy atom. The minimum Gasteiger partial charge on any atom is -0.445 e. The summed E-state index contributed by atoms with van der Waals surface area (Å²) in [5, 5.41) is 11.8. The first-order valence-electron chi connectivity index (χ1n) is 6.36. The van der Waals surface area contributed by atoms with Crippen LogP contribution in [0.2, 0.25) is 0 Å². The molecule has 0 fully saturated rings. The van der Waals surface area contributed by atoms with Crippen LogP contribution in [0.5, 0.6) is 0 Å². The monoisotopic (exact) mass is 305 g/mol. The van der Waals surface area contributed by atoms with Crippen molar-refractivity contribution in [1.29, 1.82) is 5.26 Å². The highest BCUT2D eigenvalue weighted by Crippen LogP contribution is 2.12. The van der Waals surface area contributed by atoms with Crippen molar-refractivity contribution in [2.24, 2.45) is 0 Å². The molecule has 0 amide bonds. The maximum atomic E-state index is 12.1. The van der Waals surface area contributed by atoms with Crippen LogP contribution in [0.3, 0.4) is 0 Å². The second-order valence-electron chi connectivity index (χ2n) is 4.50. The van der Waals surface area contributed by atoms with Crippen LogP contribution in [-0.4, -0.2) is 25.7 Å². The lowest BCUT2D eigenvalue weighted by atomic mass is 10.2. The molecule has 2 aromatic rings. The third-order valence-electron chi connectivity index (χ3n) is 2.82. The summed E-state index contributed by atoms with van der Waals surface area (Å²) >= 11 is 0. The number of hydrogen-bond acceptors (Lipinski definition) is 6. The SMILES string of the molecule is Cc1cnc(CNCCS(=O)(=O)c2cccc(C#N)c2)o1. The third kappa shape index (κ3) is 4.15. The fraction of sp³-hybridized carbons (Fsp3) is 0.286. The number of oxazole rings is 1. The van der Waals surface area contributed by atoms with E-state index in [0.29, 0.717) is 23.8 Å². The van der Waals surface area contributed by atoms with Crippen molar-refractivity contribution in [1.82, 2.24) is 10.3 Å². The second-order valence-corrected chi connectivity index (χ2v) is 6.61. The van der Waals surface area contributed by atoms with Gasteiger partial charge in [0.25, 0.3) is 0 Å². The van der Waals surface area contributed by atoms with Gasteiger partial charge in [-0.25, -0.2) is 13.4 Å². The zero-order chi connectivity index (χ0) is 15.3. The highest BCUT2D eigenvalue weighted by atomic mass is 32.2. The summed E-state index contributed by atoms with van der Waals surface area (Å²) in [6, 6.07) is 7.94. The highest BCUT2D eigenvalue weighted by Gasteiger charge is 2.14. The number of nitrogens with zero attached hydrogens (tertiary/aromatic N) is 2. The van der Waals surface area contributed by atoms with E-state index < -0.39 is 9.84 Å². The molecule has 110 valence electrons. The Morgan fingerprint density at radius 1 is 1.43 bits per heavy atom. The quantitative estimate of drug-likeness (QED) is 0.811. The van der Waals surface area contributed by atoms with Gasteiger partial charge in [0.1, 0.15) is 5.76 Å². The number of sulfone groups is 1. The van der Waals surface area contributed by atoms with E-state index in [1.54, 1.807) is 25.3 Å². The van der Waals surface area contributed by atoms with Crippen molar-refractivity contribution in [3.8, 4) is 6.07 Å². The third-order valence-corrected chi connectivity index (χ3v) is 4.53. The standard InChI is InChI=1S/C14H15N3O3S/c1-11-9-17-14(20-11)10-16-5-6-21(18,19)13-4-2-3-12(7-13)8-15/h2-4,7,9,16H,5-6,10H2,1H3. The first kappa shape index (κ1) is 15.2. The van der Waals surface area contributed by atoms with Crippen LogP contribution in [0.15, 0.2) is 39.8 Å². The summed E-state index contributed by atoms with van der Waals surface area (Å²) < 4.78 is 29.5. The molecule has 0 saturated carbocycles. The van der Waals surface area contributed by atoms with Gasteiger partial charge in [-0.2, -0.15) is 5.26 Å². The lowest BCUT2D eigenvalue weighted by Gasteiger charge is -2.05. The van der Waals surface area contributed by atoms with E-state index in [1.807, 2.05) is 6.07 Å². The number of nitriles is 1. The van der Waals surface area contributed by atoms with Gasteiger partial charge in [-0.15, -0.1) is 0 Å². The summed E-state index contributed by atoms with van der Waals surface area (Å²) in [5.74, 6) is 1.19. The van der Waals surface area contributed by atoms with E-state index in [4.69, 9.17) is 9.68 Å². The van der Waals surface area contributed by atoms with Gasteiger partial charge >= 0.3 is 0 Å². The van der Waals surface area contributed by atoms with Gasteiger partial charge in [0.05, 0.1) is 35.0 Å². The molecule has 21 heavy (non-hydrogen) atoms. The first-order chi connectivity index (χ1) is 10.0. The van der Waals surface area contributed by atoms with Crippen molar-refractivity contribution < 1.29 is 12.8 Å². The van der Waals surface area contributed by atoms with Crippen LogP contribution in [-0.2, 0) is 16.4 Å². The average Bonchev–Trinajstić information content (AvgIpc) is 2.89. The fourth-order valence-electron chi connectivity index (χ4n) is 1.76. The highest BCUT2D eigenvalue weighted by molar-refractivity contribution is 7.91. The van der Waals surface area contributed by atoms with Crippen LogP contribution < -0.4 is 5.32 Å². The Kier molecular flexibility index (Phi) is 4.73. The molecule has 1 aromatic carbocycles. The lowest BCUT2D eigenvalue weighted by Crippen LogP contribution is -2.23. The van der Waals surface area contributed by atoms with Crippen molar-refractivity contribution in [2.45, 2.75) is 18.4 Å². The molecule has 0 saturated heterocycles. The second kappa shape index (κ2) is 6.52. The molecular formula is C14H15N3O3S. The number of benzene rings is 1. The average molecular weight is 305 g/mol. The van der Waals surface area contributed by atoms with Gasteiger partial charge in [0.15, 0.2) is 9.84 Å². The van der Waals surface area contributed by atoms with Crippen LogP contribution in [0.1, 0.15) is 17.2 Å². The van der Waals surface area contributed by atoms with Crippen LogP contribution in [0.4, 0.5) is 0 Å². The molecule has 0 atom stereocenters. The van der Waals surface area contributed by atoms with Crippen molar-refractivity contribution >= 4 is 9.84 Å². The molecule has 6 nitrogen and oxygen atoms in total. The Hall–Kier alpha value is -2.17. The Morgan fingerprint density at radius 2 is 2.24 bits per heavy atom. The first-order valence-corrected chi connectivity index (χ1v) is 8.01. The molecule has 1 heterocycles. The van der Waals surface area contributed by atoms with Crippen molar-refractivity contribution in [3.63, 3.8) is 0 Å². The molecule has 7 heteroatoms. The molecular weight excluding hydrogens is 290 g/mol. The van der Waals surface area contributed by atoms with E-state index in [1.165, 1.54) is 12.1 Å². The number of rotatable bonds is 6. The predicted octanol–water partition coefficient (Wildman–Crippen LogP) is 1.42. The maximum Gasteiger partial charge on any atom is 0.208 e. The van der Waals surface area contributed by atoms with Gasteiger partial charge in [0.2, 0.25) is 5.89 Å². The molecule has 0 spiro atoms. The van der Waals surface area contributed by atoms with Crippen LogP contribution >= 0.6 is 0 Å². The summed E-state index contributed by atoms with van der Waals surface area (Å²) in [6.45, 7) is 2.45. The molecule has 2 rings (SSSR count). The summed E-state index contributed by atoms with van der Waals surface area (Å²) in [6.07, 6.45) is 1.61. The van der Waals surface area contributed by atoms with E-state index in [9.17, 15) is 8.42 Å². The maximum absolute atomic E-state index is 12.1. The number of nitrogens with one attached hydrogen (secondary N) is 1. The Labute approximate surface area is 123 Å². The molecule has 0 aliphatic heterocycles. The van der Waals surface area contributed by atoms with Crippen LogP contribution in [0.25, 0.3) is 0 Å². The Balaban J connectivity index is 1.90. The smallest absolute Gasteiger partial charge is 0.208 e. The van der Waals surface area contributed by atoms with Gasteiger partial charge in [-0.3, -0.25) is 0 Å². The molecule has 0 aliphatic rings. The summed E-state index contributed by atoms with van der Waals surface area (Å²) in [4.78, 5) is 4.18. The van der Waals surface area contributed by atoms with Crippen LogP contribution in [0, 0.1) is 18.3 Å². The minimum atomic E-state index is -3.41. The van der Waals surface area contributed by atoms with E-state index in [-0.39, 0.29) is 17.2 Å². The van der Waals surface area contributed by atoms with Gasteiger partial charge in [-0.05, 0) is 25.1 Å². The normalized spacial score (nSPS) is 11.2. The number of aryl methyl sites for hydroxylation is 1. The molecule has 0 unspecified atom stereocenters. The molecule has 1 N–H and O–H groups in total. The van der Waals surface area contributed by atoms with Crippen molar-refractivity contribution in [2.75, 3.05) is 12.3 Å². The zero-order valence-corrected chi connectivity index (χ0v) is 12.4. The zero-order valence-electron chi connectivity index (χ0n) is 11.5. The largest absolute Gasteiger partial charge is 0.445 e. The number of aromatic nitrogens is 1. The molecule has 1 aromatic heterocycles. The summed E-state index contributed by atoms with van der Waals surface area (Å²) in [7, 11) is -3.41. The van der Waals surface area contributed by atoms with Gasteiger partial charge in [-0.1, -0.05) is 6.07 Å². The lowest BCUT2D eigenvalue weighted by molar-refractivity contribution is 0.452. The number of hydrogen-bond donors (Lipinski definition) is 1. The fourth-order valence-corrected chi connectivity index (χ4v) is 3.00. The van der Waals surface area contributed by atoms with Gasteiger partial charge < -0.3 is 9.73 Å². The van der Waals surface area contributed by atoms with Crippen molar-refractivity contribution in [3.05, 3.63) is 47.7 Å². The van der Waals surface area contributed by atoms with Gasteiger partial charge in [0, 0.05) is 6.54 Å². The molecule has 0 aliphatic carbocycles. The van der Waals surface area contributed by atoms with E-state index >= 15 is 0 Å². The Bertz CT molecular complexity index is 760. The summed E-state index contributed by atoms with van der Waals surface area (Å²) in [5.41, 5.74) is 0.333.